The molecule has 0 aromatic heterocycles. The lowest BCUT2D eigenvalue weighted by molar-refractivity contribution is 0.482. The SMILES string of the molecule is Cc1ccc(Oc2cc(Cl)cc(N(c3ccc(C)cc3)c3cc(Cl)cc(Oc4ccc(C)cc4)c3)c2)cc1. The molecule has 5 rings (SSSR count). The van der Waals surface area contributed by atoms with Crippen molar-refractivity contribution in [2.24, 2.45) is 0 Å². The molecule has 0 unspecified atom stereocenters. The van der Waals surface area contributed by atoms with Crippen molar-refractivity contribution < 1.29 is 9.47 Å². The first-order valence-corrected chi connectivity index (χ1v) is 13.0. The maximum Gasteiger partial charge on any atom is 0.131 e. The van der Waals surface area contributed by atoms with Gasteiger partial charge in [0.25, 0.3) is 0 Å². The van der Waals surface area contributed by atoms with Gasteiger partial charge in [0, 0.05) is 27.9 Å². The van der Waals surface area contributed by atoms with E-state index in [2.05, 4.69) is 36.1 Å². The summed E-state index contributed by atoms with van der Waals surface area (Å²) in [5.74, 6) is 2.74. The first kappa shape index (κ1) is 25.7. The van der Waals surface area contributed by atoms with Gasteiger partial charge in [-0.2, -0.15) is 0 Å². The third-order valence-electron chi connectivity index (χ3n) is 6.03. The van der Waals surface area contributed by atoms with Crippen molar-refractivity contribution in [1.82, 2.24) is 0 Å². The zero-order valence-electron chi connectivity index (χ0n) is 21.4. The molecule has 0 spiro atoms. The zero-order valence-corrected chi connectivity index (χ0v) is 22.9. The summed E-state index contributed by atoms with van der Waals surface area (Å²) in [6.07, 6.45) is 0. The van der Waals surface area contributed by atoms with E-state index in [1.165, 1.54) is 11.1 Å². The fourth-order valence-electron chi connectivity index (χ4n) is 4.10. The molecule has 0 amide bonds. The van der Waals surface area contributed by atoms with Gasteiger partial charge in [0.1, 0.15) is 23.0 Å². The van der Waals surface area contributed by atoms with Crippen LogP contribution in [0.1, 0.15) is 16.7 Å². The van der Waals surface area contributed by atoms with Crippen LogP contribution in [-0.2, 0) is 0 Å². The van der Waals surface area contributed by atoms with E-state index >= 15 is 0 Å². The lowest BCUT2D eigenvalue weighted by Gasteiger charge is -2.27. The zero-order chi connectivity index (χ0) is 26.6. The molecule has 0 aliphatic heterocycles. The Balaban J connectivity index is 1.57. The lowest BCUT2D eigenvalue weighted by Crippen LogP contribution is -2.10. The van der Waals surface area contributed by atoms with Gasteiger partial charge in [-0.25, -0.2) is 0 Å². The number of aryl methyl sites for hydroxylation is 3. The van der Waals surface area contributed by atoms with Gasteiger partial charge in [0.05, 0.1) is 11.4 Å². The Kier molecular flexibility index (Phi) is 7.59. The third kappa shape index (κ3) is 6.31. The standard InChI is InChI=1S/C33H27Cl2NO2/c1-22-4-10-27(11-5-22)36(28-16-25(34)18-32(20-28)37-30-12-6-23(2)7-13-30)29-17-26(35)19-33(21-29)38-31-14-8-24(3)9-15-31/h4-21H,1-3H3. The van der Waals surface area contributed by atoms with Crippen LogP contribution in [0.25, 0.3) is 0 Å². The second kappa shape index (κ2) is 11.2. The molecule has 0 fully saturated rings. The van der Waals surface area contributed by atoms with Crippen molar-refractivity contribution in [2.45, 2.75) is 20.8 Å². The molecule has 0 aliphatic rings. The van der Waals surface area contributed by atoms with Gasteiger partial charge < -0.3 is 14.4 Å². The summed E-state index contributed by atoms with van der Waals surface area (Å²) in [7, 11) is 0. The number of nitrogens with zero attached hydrogens (tertiary/aromatic N) is 1. The smallest absolute Gasteiger partial charge is 0.131 e. The molecule has 0 saturated carbocycles. The van der Waals surface area contributed by atoms with E-state index in [-0.39, 0.29) is 0 Å². The Morgan fingerprint density at radius 2 is 0.789 bits per heavy atom. The normalized spacial score (nSPS) is 10.8. The maximum absolute atomic E-state index is 6.61. The fraction of sp³-hybridized carbons (Fsp3) is 0.0909. The van der Waals surface area contributed by atoms with Crippen LogP contribution in [0, 0.1) is 20.8 Å². The maximum atomic E-state index is 6.61. The molecule has 38 heavy (non-hydrogen) atoms. The van der Waals surface area contributed by atoms with Crippen LogP contribution in [0.4, 0.5) is 17.1 Å². The summed E-state index contributed by atoms with van der Waals surface area (Å²) < 4.78 is 12.3. The number of halogens is 2. The average molecular weight is 540 g/mol. The van der Waals surface area contributed by atoms with Gasteiger partial charge in [0.2, 0.25) is 0 Å². The summed E-state index contributed by atoms with van der Waals surface area (Å²) in [5.41, 5.74) is 6.10. The van der Waals surface area contributed by atoms with Crippen LogP contribution >= 0.6 is 23.2 Å². The monoisotopic (exact) mass is 539 g/mol. The number of ether oxygens (including phenoxy) is 2. The topological polar surface area (TPSA) is 21.7 Å². The molecule has 5 aromatic rings. The highest BCUT2D eigenvalue weighted by Crippen LogP contribution is 2.41. The van der Waals surface area contributed by atoms with Gasteiger partial charge in [0.15, 0.2) is 0 Å². The van der Waals surface area contributed by atoms with Crippen molar-refractivity contribution in [3.63, 3.8) is 0 Å². The Morgan fingerprint density at radius 3 is 1.18 bits per heavy atom. The van der Waals surface area contributed by atoms with Gasteiger partial charge in [-0.3, -0.25) is 0 Å². The van der Waals surface area contributed by atoms with Gasteiger partial charge >= 0.3 is 0 Å². The van der Waals surface area contributed by atoms with Crippen molar-refractivity contribution in [3.8, 4) is 23.0 Å². The molecular formula is C33H27Cl2NO2. The van der Waals surface area contributed by atoms with Crippen LogP contribution in [-0.4, -0.2) is 0 Å². The van der Waals surface area contributed by atoms with Gasteiger partial charge in [-0.05, 0) is 81.4 Å². The molecule has 0 radical (unpaired) electrons. The second-order valence-corrected chi connectivity index (χ2v) is 10.2. The van der Waals surface area contributed by atoms with Crippen LogP contribution in [0.3, 0.4) is 0 Å². The van der Waals surface area contributed by atoms with Crippen LogP contribution in [0.5, 0.6) is 23.0 Å². The average Bonchev–Trinajstić information content (AvgIpc) is 2.88. The molecule has 0 N–H and O–H groups in total. The van der Waals surface area contributed by atoms with Crippen LogP contribution < -0.4 is 14.4 Å². The molecule has 0 heterocycles. The van der Waals surface area contributed by atoms with E-state index < -0.39 is 0 Å². The van der Waals surface area contributed by atoms with E-state index in [1.807, 2.05) is 98.8 Å². The van der Waals surface area contributed by atoms with Gasteiger partial charge in [-0.1, -0.05) is 76.3 Å². The molecule has 0 atom stereocenters. The summed E-state index contributed by atoms with van der Waals surface area (Å²) in [6, 6.07) is 35.5. The third-order valence-corrected chi connectivity index (χ3v) is 6.47. The molecule has 5 heteroatoms. The van der Waals surface area contributed by atoms with Gasteiger partial charge in [-0.15, -0.1) is 0 Å². The van der Waals surface area contributed by atoms with Crippen LogP contribution in [0.15, 0.2) is 109 Å². The number of anilines is 3. The van der Waals surface area contributed by atoms with E-state index in [1.54, 1.807) is 0 Å². The van der Waals surface area contributed by atoms with Crippen molar-refractivity contribution in [3.05, 3.63) is 136 Å². The second-order valence-electron chi connectivity index (χ2n) is 9.29. The van der Waals surface area contributed by atoms with Crippen LogP contribution in [0.2, 0.25) is 10.0 Å². The lowest BCUT2D eigenvalue weighted by atomic mass is 10.1. The van der Waals surface area contributed by atoms with E-state index in [4.69, 9.17) is 32.7 Å². The first-order chi connectivity index (χ1) is 18.3. The van der Waals surface area contributed by atoms with Crippen molar-refractivity contribution >= 4 is 40.3 Å². The number of hydrogen-bond acceptors (Lipinski definition) is 3. The Bertz CT molecular complexity index is 1450. The Labute approximate surface area is 233 Å². The highest BCUT2D eigenvalue weighted by Gasteiger charge is 2.17. The number of hydrogen-bond donors (Lipinski definition) is 0. The number of benzene rings is 5. The summed E-state index contributed by atoms with van der Waals surface area (Å²) >= 11 is 13.2. The molecule has 0 saturated heterocycles. The highest BCUT2D eigenvalue weighted by molar-refractivity contribution is 6.31. The predicted octanol–water partition coefficient (Wildman–Crippen LogP) is 11.0. The Morgan fingerprint density at radius 1 is 0.421 bits per heavy atom. The summed E-state index contributed by atoms with van der Waals surface area (Å²) in [4.78, 5) is 2.08. The quantitative estimate of drug-likeness (QED) is 0.205. The predicted molar refractivity (Wildman–Crippen MR) is 158 cm³/mol. The first-order valence-electron chi connectivity index (χ1n) is 12.3. The fourth-order valence-corrected chi connectivity index (χ4v) is 4.54. The van der Waals surface area contributed by atoms with E-state index in [0.29, 0.717) is 21.5 Å². The summed E-state index contributed by atoms with van der Waals surface area (Å²) in [5, 5.41) is 1.11. The van der Waals surface area contributed by atoms with Crippen molar-refractivity contribution in [2.75, 3.05) is 4.90 Å². The van der Waals surface area contributed by atoms with E-state index in [9.17, 15) is 0 Å². The minimum absolute atomic E-state index is 0.555. The van der Waals surface area contributed by atoms with Crippen molar-refractivity contribution in [1.29, 1.82) is 0 Å². The highest BCUT2D eigenvalue weighted by atomic mass is 35.5. The molecular weight excluding hydrogens is 513 g/mol. The largest absolute Gasteiger partial charge is 0.457 e. The number of rotatable bonds is 7. The molecule has 0 aliphatic carbocycles. The Hall–Kier alpha value is -3.92. The van der Waals surface area contributed by atoms with E-state index in [0.717, 1.165) is 34.1 Å². The molecule has 0 bridgehead atoms. The summed E-state index contributed by atoms with van der Waals surface area (Å²) in [6.45, 7) is 6.15. The molecule has 5 aromatic carbocycles. The molecule has 190 valence electrons. The molecule has 3 nitrogen and oxygen atoms in total. The minimum atomic E-state index is 0.555. The minimum Gasteiger partial charge on any atom is -0.457 e.